The van der Waals surface area contributed by atoms with Gasteiger partial charge in [-0.15, -0.1) is 0 Å². The second-order valence-corrected chi connectivity index (χ2v) is 5.84. The van der Waals surface area contributed by atoms with Crippen LogP contribution in [-0.4, -0.2) is 9.55 Å². The first-order chi connectivity index (χ1) is 12.6. The monoisotopic (exact) mass is 348 g/mol. The first-order valence-corrected chi connectivity index (χ1v) is 8.06. The first kappa shape index (κ1) is 16.0. The van der Waals surface area contributed by atoms with E-state index in [1.54, 1.807) is 24.3 Å². The molecule has 3 nitrogen and oxygen atoms in total. The summed E-state index contributed by atoms with van der Waals surface area (Å²) in [6, 6.07) is 21.0. The van der Waals surface area contributed by atoms with Gasteiger partial charge in [0.25, 0.3) is 0 Å². The molecule has 4 aromatic rings. The average Bonchev–Trinajstić information content (AvgIpc) is 3.01. The molecule has 128 valence electrons. The van der Waals surface area contributed by atoms with E-state index in [-0.39, 0.29) is 17.3 Å². The van der Waals surface area contributed by atoms with Gasteiger partial charge in [0, 0.05) is 11.1 Å². The lowest BCUT2D eigenvalue weighted by molar-refractivity contribution is 0.627. The zero-order chi connectivity index (χ0) is 18.1. The summed E-state index contributed by atoms with van der Waals surface area (Å²) in [7, 11) is 0. The van der Waals surface area contributed by atoms with Crippen LogP contribution < -0.4 is 5.69 Å². The quantitative estimate of drug-likeness (QED) is 0.569. The molecule has 1 heterocycles. The predicted molar refractivity (Wildman–Crippen MR) is 97.2 cm³/mol. The normalized spacial score (nSPS) is 10.8. The van der Waals surface area contributed by atoms with Crippen molar-refractivity contribution < 1.29 is 8.78 Å². The Morgan fingerprint density at radius 1 is 0.692 bits per heavy atom. The third-order valence-electron chi connectivity index (χ3n) is 4.16. The number of benzene rings is 3. The van der Waals surface area contributed by atoms with E-state index in [2.05, 4.69) is 4.98 Å². The second-order valence-electron chi connectivity index (χ2n) is 5.84. The maximum absolute atomic E-state index is 13.4. The van der Waals surface area contributed by atoms with Crippen LogP contribution in [0.25, 0.3) is 28.2 Å². The van der Waals surface area contributed by atoms with Gasteiger partial charge in [0.1, 0.15) is 11.6 Å². The van der Waals surface area contributed by atoms with E-state index in [0.29, 0.717) is 28.2 Å². The Kier molecular flexibility index (Phi) is 3.97. The van der Waals surface area contributed by atoms with Crippen LogP contribution >= 0.6 is 0 Å². The van der Waals surface area contributed by atoms with Crippen LogP contribution in [-0.2, 0) is 0 Å². The minimum atomic E-state index is -0.360. The molecule has 0 fully saturated rings. The molecule has 26 heavy (non-hydrogen) atoms. The molecule has 1 aromatic heterocycles. The summed E-state index contributed by atoms with van der Waals surface area (Å²) in [5.74, 6) is -0.719. The van der Waals surface area contributed by atoms with E-state index in [9.17, 15) is 13.6 Å². The Hall–Kier alpha value is -3.47. The van der Waals surface area contributed by atoms with Crippen molar-refractivity contribution in [3.8, 4) is 28.2 Å². The number of para-hydroxylation sites is 1. The van der Waals surface area contributed by atoms with Gasteiger partial charge < -0.3 is 4.98 Å². The number of halogens is 2. The third-order valence-corrected chi connectivity index (χ3v) is 4.16. The zero-order valence-electron chi connectivity index (χ0n) is 13.6. The molecule has 0 bridgehead atoms. The molecule has 0 radical (unpaired) electrons. The molecule has 0 spiro atoms. The van der Waals surface area contributed by atoms with Gasteiger partial charge in [0.05, 0.1) is 17.1 Å². The van der Waals surface area contributed by atoms with Crippen LogP contribution in [0.4, 0.5) is 8.78 Å². The Bertz CT molecular complexity index is 1100. The largest absolute Gasteiger partial charge is 0.331 e. The molecule has 0 unspecified atom stereocenters. The lowest BCUT2D eigenvalue weighted by Gasteiger charge is -2.10. The number of rotatable bonds is 3. The van der Waals surface area contributed by atoms with Gasteiger partial charge in [-0.2, -0.15) is 0 Å². The lowest BCUT2D eigenvalue weighted by atomic mass is 10.0. The molecule has 0 aliphatic carbocycles. The van der Waals surface area contributed by atoms with Crippen molar-refractivity contribution in [1.29, 1.82) is 0 Å². The van der Waals surface area contributed by atoms with Crippen LogP contribution in [0.5, 0.6) is 0 Å². The van der Waals surface area contributed by atoms with Crippen molar-refractivity contribution in [1.82, 2.24) is 9.55 Å². The van der Waals surface area contributed by atoms with E-state index in [4.69, 9.17) is 0 Å². The molecule has 0 amide bonds. The highest BCUT2D eigenvalue weighted by atomic mass is 19.1. The van der Waals surface area contributed by atoms with Crippen molar-refractivity contribution in [2.75, 3.05) is 0 Å². The van der Waals surface area contributed by atoms with Gasteiger partial charge in [-0.25, -0.2) is 13.6 Å². The Labute approximate surface area is 148 Å². The number of hydrogen-bond acceptors (Lipinski definition) is 1. The SMILES string of the molecule is O=c1[nH]c(-c2ccc(F)cc2)c(-c2ccc(F)cc2)n1-c1ccccc1. The summed E-state index contributed by atoms with van der Waals surface area (Å²) in [5.41, 5.74) is 2.83. The Morgan fingerprint density at radius 3 is 1.81 bits per heavy atom. The second kappa shape index (κ2) is 6.44. The van der Waals surface area contributed by atoms with E-state index in [0.717, 1.165) is 0 Å². The fourth-order valence-corrected chi connectivity index (χ4v) is 2.97. The van der Waals surface area contributed by atoms with Gasteiger partial charge >= 0.3 is 5.69 Å². The average molecular weight is 348 g/mol. The lowest BCUT2D eigenvalue weighted by Crippen LogP contribution is -2.15. The Balaban J connectivity index is 2.02. The minimum Gasteiger partial charge on any atom is -0.305 e. The molecule has 0 saturated carbocycles. The van der Waals surface area contributed by atoms with E-state index < -0.39 is 0 Å². The number of imidazole rings is 1. The Morgan fingerprint density at radius 2 is 1.23 bits per heavy atom. The summed E-state index contributed by atoms with van der Waals surface area (Å²) in [5, 5.41) is 0. The van der Waals surface area contributed by atoms with Gasteiger partial charge in [0.2, 0.25) is 0 Å². The predicted octanol–water partition coefficient (Wildman–Crippen LogP) is 4.78. The summed E-state index contributed by atoms with van der Waals surface area (Å²) in [6.45, 7) is 0. The third kappa shape index (κ3) is 2.84. The maximum atomic E-state index is 13.4. The standard InChI is InChI=1S/C21H14F2N2O/c22-16-10-6-14(7-11-16)19-20(15-8-12-17(23)13-9-15)25(21(26)24-19)18-4-2-1-3-5-18/h1-13H,(H,24,26). The highest BCUT2D eigenvalue weighted by Gasteiger charge is 2.18. The highest BCUT2D eigenvalue weighted by molar-refractivity contribution is 5.79. The maximum Gasteiger partial charge on any atom is 0.331 e. The zero-order valence-corrected chi connectivity index (χ0v) is 13.6. The molecule has 0 aliphatic rings. The molecule has 5 heteroatoms. The number of hydrogen-bond donors (Lipinski definition) is 1. The van der Waals surface area contributed by atoms with Crippen molar-refractivity contribution in [2.24, 2.45) is 0 Å². The highest BCUT2D eigenvalue weighted by Crippen LogP contribution is 2.31. The molecule has 0 aliphatic heterocycles. The summed E-state index contributed by atoms with van der Waals surface area (Å²) in [6.07, 6.45) is 0. The number of nitrogens with zero attached hydrogens (tertiary/aromatic N) is 1. The molecule has 0 saturated heterocycles. The van der Waals surface area contributed by atoms with Crippen LogP contribution in [0.15, 0.2) is 83.7 Å². The van der Waals surface area contributed by atoms with E-state index in [1.807, 2.05) is 30.3 Å². The minimum absolute atomic E-state index is 0.324. The van der Waals surface area contributed by atoms with Crippen LogP contribution in [0, 0.1) is 11.6 Å². The smallest absolute Gasteiger partial charge is 0.305 e. The number of H-pyrrole nitrogens is 1. The van der Waals surface area contributed by atoms with Crippen molar-refractivity contribution in [3.63, 3.8) is 0 Å². The van der Waals surface area contributed by atoms with Crippen molar-refractivity contribution in [2.45, 2.75) is 0 Å². The first-order valence-electron chi connectivity index (χ1n) is 8.06. The van der Waals surface area contributed by atoms with Crippen LogP contribution in [0.3, 0.4) is 0 Å². The fraction of sp³-hybridized carbons (Fsp3) is 0. The van der Waals surface area contributed by atoms with Gasteiger partial charge in [0.15, 0.2) is 0 Å². The molecular weight excluding hydrogens is 334 g/mol. The van der Waals surface area contributed by atoms with E-state index >= 15 is 0 Å². The topological polar surface area (TPSA) is 37.8 Å². The number of aromatic nitrogens is 2. The van der Waals surface area contributed by atoms with Crippen LogP contribution in [0.2, 0.25) is 0 Å². The molecule has 4 rings (SSSR count). The van der Waals surface area contributed by atoms with E-state index in [1.165, 1.54) is 28.8 Å². The number of nitrogens with one attached hydrogen (secondary N) is 1. The van der Waals surface area contributed by atoms with Gasteiger partial charge in [-0.05, 0) is 60.7 Å². The summed E-state index contributed by atoms with van der Waals surface area (Å²) < 4.78 is 28.2. The van der Waals surface area contributed by atoms with Crippen molar-refractivity contribution in [3.05, 3.63) is 101 Å². The van der Waals surface area contributed by atoms with Gasteiger partial charge in [-0.1, -0.05) is 18.2 Å². The summed E-state index contributed by atoms with van der Waals surface area (Å²) in [4.78, 5) is 15.6. The fourth-order valence-electron chi connectivity index (χ4n) is 2.97. The molecule has 3 aromatic carbocycles. The molecule has 1 N–H and O–H groups in total. The van der Waals surface area contributed by atoms with Gasteiger partial charge in [-0.3, -0.25) is 4.57 Å². The van der Waals surface area contributed by atoms with Crippen molar-refractivity contribution >= 4 is 0 Å². The molecule has 0 atom stereocenters. The number of aromatic amines is 1. The van der Waals surface area contributed by atoms with Crippen LogP contribution in [0.1, 0.15) is 0 Å². The molecular formula is C21H14F2N2O. The summed E-state index contributed by atoms with van der Waals surface area (Å²) >= 11 is 0.